The first kappa shape index (κ1) is 27.2. The van der Waals surface area contributed by atoms with Crippen LogP contribution >= 0.6 is 0 Å². The Morgan fingerprint density at radius 1 is 1.08 bits per heavy atom. The maximum Gasteiger partial charge on any atom is 0.490 e. The van der Waals surface area contributed by atoms with E-state index in [2.05, 4.69) is 4.90 Å². The Bertz CT molecular complexity index is 1380. The van der Waals surface area contributed by atoms with Gasteiger partial charge in [0.25, 0.3) is 10.0 Å². The highest BCUT2D eigenvalue weighted by Crippen LogP contribution is 2.35. The summed E-state index contributed by atoms with van der Waals surface area (Å²) in [7, 11) is -1.94. The van der Waals surface area contributed by atoms with E-state index >= 15 is 0 Å². The number of carboxylic acid groups (broad SMARTS) is 1. The molecule has 1 aromatic heterocycles. The van der Waals surface area contributed by atoms with Gasteiger partial charge in [0.15, 0.2) is 5.78 Å². The number of carbonyl (C=O) groups excluding carboxylic acids is 1. The van der Waals surface area contributed by atoms with Crippen molar-refractivity contribution in [3.05, 3.63) is 59.8 Å². The summed E-state index contributed by atoms with van der Waals surface area (Å²) in [5.74, 6) is -2.56. The van der Waals surface area contributed by atoms with Crippen molar-refractivity contribution >= 4 is 32.7 Å². The fraction of sp³-hybridized carbons (Fsp3) is 0.333. The van der Waals surface area contributed by atoms with Crippen LogP contribution in [0.4, 0.5) is 13.2 Å². The molecule has 12 heteroatoms. The van der Waals surface area contributed by atoms with Crippen LogP contribution in [0.5, 0.6) is 5.75 Å². The molecule has 0 spiro atoms. The zero-order chi connectivity index (χ0) is 26.8. The average molecular weight is 527 g/mol. The summed E-state index contributed by atoms with van der Waals surface area (Å²) >= 11 is 0. The van der Waals surface area contributed by atoms with Gasteiger partial charge in [-0.3, -0.25) is 9.69 Å². The molecular weight excluding hydrogens is 501 g/mol. The predicted octanol–water partition coefficient (Wildman–Crippen LogP) is 4.17. The summed E-state index contributed by atoms with van der Waals surface area (Å²) in [5.41, 5.74) is 1.58. The molecule has 36 heavy (non-hydrogen) atoms. The number of benzene rings is 2. The number of Topliss-reactive ketones (excluding diaryl/α,β-unsaturated/α-hetero) is 1. The van der Waals surface area contributed by atoms with Crippen molar-refractivity contribution in [1.82, 2.24) is 8.87 Å². The molecule has 0 unspecified atom stereocenters. The lowest BCUT2D eigenvalue weighted by Gasteiger charge is -2.14. The molecule has 4 rings (SSSR count). The third kappa shape index (κ3) is 5.54. The zero-order valence-corrected chi connectivity index (χ0v) is 20.6. The second-order valence-corrected chi connectivity index (χ2v) is 10.3. The van der Waals surface area contributed by atoms with Crippen LogP contribution in [0.1, 0.15) is 29.9 Å². The Labute approximate surface area is 205 Å². The highest BCUT2D eigenvalue weighted by atomic mass is 32.2. The molecule has 0 atom stereocenters. The van der Waals surface area contributed by atoms with Crippen molar-refractivity contribution in [3.63, 3.8) is 0 Å². The third-order valence-corrected chi connectivity index (χ3v) is 7.21. The predicted molar refractivity (Wildman–Crippen MR) is 126 cm³/mol. The molecule has 2 heterocycles. The number of hydrogen-bond acceptors (Lipinski definition) is 6. The van der Waals surface area contributed by atoms with Gasteiger partial charge in [0.05, 0.1) is 10.4 Å². The van der Waals surface area contributed by atoms with Gasteiger partial charge in [-0.2, -0.15) is 13.2 Å². The smallest absolute Gasteiger partial charge is 0.490 e. The van der Waals surface area contributed by atoms with Crippen LogP contribution in [0.15, 0.2) is 53.4 Å². The molecular formula is C24H25F3N2O6S. The Hall–Kier alpha value is -3.38. The van der Waals surface area contributed by atoms with E-state index < -0.39 is 22.2 Å². The molecule has 1 aliphatic rings. The van der Waals surface area contributed by atoms with Gasteiger partial charge in [-0.1, -0.05) is 32.0 Å². The number of rotatable bonds is 4. The van der Waals surface area contributed by atoms with Crippen molar-refractivity contribution in [2.75, 3.05) is 20.2 Å². The minimum absolute atomic E-state index is 0.151. The summed E-state index contributed by atoms with van der Waals surface area (Å²) in [6.45, 7) is 5.51. The van der Waals surface area contributed by atoms with E-state index in [9.17, 15) is 26.4 Å². The minimum Gasteiger partial charge on any atom is -0.492 e. The lowest BCUT2D eigenvalue weighted by atomic mass is 10.0. The SMILES string of the molecule is CC(C)C(=O)c1cc2c3c(ccc2n1S(=O)(=O)c1ccccc1)OCCN(C)C3.O=C(O)C(F)(F)F. The fourth-order valence-corrected chi connectivity index (χ4v) is 5.21. The van der Waals surface area contributed by atoms with Gasteiger partial charge in [-0.25, -0.2) is 17.2 Å². The number of carbonyl (C=O) groups is 2. The van der Waals surface area contributed by atoms with Gasteiger partial charge < -0.3 is 9.84 Å². The number of nitrogens with zero attached hydrogens (tertiary/aromatic N) is 2. The van der Waals surface area contributed by atoms with Crippen molar-refractivity contribution in [2.24, 2.45) is 5.92 Å². The topological polar surface area (TPSA) is 106 Å². The Morgan fingerprint density at radius 3 is 2.25 bits per heavy atom. The van der Waals surface area contributed by atoms with Crippen molar-refractivity contribution < 1.29 is 41.0 Å². The highest BCUT2D eigenvalue weighted by Gasteiger charge is 2.38. The van der Waals surface area contributed by atoms with E-state index in [0.717, 1.165) is 23.2 Å². The summed E-state index contributed by atoms with van der Waals surface area (Å²) in [4.78, 5) is 24.2. The Balaban J connectivity index is 0.000000454. The number of alkyl halides is 3. The van der Waals surface area contributed by atoms with E-state index in [-0.39, 0.29) is 22.3 Å². The number of hydrogen-bond donors (Lipinski definition) is 1. The molecule has 8 nitrogen and oxygen atoms in total. The van der Waals surface area contributed by atoms with Crippen molar-refractivity contribution in [1.29, 1.82) is 0 Å². The van der Waals surface area contributed by atoms with Crippen LogP contribution < -0.4 is 4.74 Å². The van der Waals surface area contributed by atoms with Crippen LogP contribution in [0.3, 0.4) is 0 Å². The quantitative estimate of drug-likeness (QED) is 0.509. The maximum atomic E-state index is 13.5. The van der Waals surface area contributed by atoms with Gasteiger partial charge in [0.2, 0.25) is 0 Å². The number of aliphatic carboxylic acids is 1. The zero-order valence-electron chi connectivity index (χ0n) is 19.7. The van der Waals surface area contributed by atoms with Crippen molar-refractivity contribution in [3.8, 4) is 5.75 Å². The van der Waals surface area contributed by atoms with Gasteiger partial charge in [-0.15, -0.1) is 0 Å². The summed E-state index contributed by atoms with van der Waals surface area (Å²) in [6.07, 6.45) is -5.08. The summed E-state index contributed by atoms with van der Waals surface area (Å²) in [5, 5.41) is 7.86. The summed E-state index contributed by atoms with van der Waals surface area (Å²) < 4.78 is 65.9. The standard InChI is InChI=1S/C22H24N2O4S.C2HF3O2/c1-15(2)22(25)20-13-17-18-14-23(3)11-12-28-21(18)10-9-19(17)24(20)29(26,27)16-7-5-4-6-8-16;3-2(4,5)1(6)7/h4-10,13,15H,11-12,14H2,1-3H3;(H,6,7). The molecule has 2 aromatic carbocycles. The monoisotopic (exact) mass is 526 g/mol. The second-order valence-electron chi connectivity index (χ2n) is 8.50. The molecule has 0 saturated carbocycles. The van der Waals surface area contributed by atoms with Gasteiger partial charge in [0.1, 0.15) is 18.1 Å². The minimum atomic E-state index is -5.08. The molecule has 3 aromatic rings. The molecule has 0 amide bonds. The molecule has 1 N–H and O–H groups in total. The first-order valence-corrected chi connectivity index (χ1v) is 12.3. The van der Waals surface area contributed by atoms with Crippen LogP contribution in [0.2, 0.25) is 0 Å². The van der Waals surface area contributed by atoms with E-state index in [4.69, 9.17) is 14.6 Å². The third-order valence-electron chi connectivity index (χ3n) is 5.47. The number of carboxylic acids is 1. The lowest BCUT2D eigenvalue weighted by molar-refractivity contribution is -0.192. The molecule has 0 aliphatic carbocycles. The molecule has 0 saturated heterocycles. The van der Waals surface area contributed by atoms with Crippen molar-refractivity contribution in [2.45, 2.75) is 31.5 Å². The number of ether oxygens (including phenoxy) is 1. The normalized spacial score (nSPS) is 14.4. The van der Waals surface area contributed by atoms with E-state index in [1.54, 1.807) is 62.4 Å². The first-order chi connectivity index (χ1) is 16.7. The van der Waals surface area contributed by atoms with Crippen LogP contribution in [-0.4, -0.2) is 60.5 Å². The molecule has 1 aliphatic heterocycles. The van der Waals surface area contributed by atoms with E-state index in [1.165, 1.54) is 3.97 Å². The first-order valence-electron chi connectivity index (χ1n) is 10.9. The Morgan fingerprint density at radius 2 is 1.69 bits per heavy atom. The van der Waals surface area contributed by atoms with E-state index in [0.29, 0.717) is 18.7 Å². The number of fused-ring (bicyclic) bond motifs is 3. The average Bonchev–Trinajstić information content (AvgIpc) is 3.10. The lowest BCUT2D eigenvalue weighted by Crippen LogP contribution is -2.21. The number of aromatic nitrogens is 1. The molecule has 0 bridgehead atoms. The highest BCUT2D eigenvalue weighted by molar-refractivity contribution is 7.90. The van der Waals surface area contributed by atoms with Gasteiger partial charge in [-0.05, 0) is 37.4 Å². The second kappa shape index (κ2) is 10.3. The van der Waals surface area contributed by atoms with Gasteiger partial charge >= 0.3 is 12.1 Å². The largest absolute Gasteiger partial charge is 0.492 e. The molecule has 194 valence electrons. The number of halogens is 3. The molecule has 0 radical (unpaired) electrons. The number of ketones is 1. The Kier molecular flexibility index (Phi) is 7.79. The maximum absolute atomic E-state index is 13.5. The van der Waals surface area contributed by atoms with Crippen LogP contribution in [0, 0.1) is 5.92 Å². The van der Waals surface area contributed by atoms with E-state index in [1.807, 2.05) is 7.05 Å². The van der Waals surface area contributed by atoms with Gasteiger partial charge in [0, 0.05) is 30.0 Å². The van der Waals surface area contributed by atoms with Crippen LogP contribution in [0.25, 0.3) is 10.9 Å². The number of likely N-dealkylation sites (N-methyl/N-ethyl adjacent to an activating group) is 1. The molecule has 0 fully saturated rings. The van der Waals surface area contributed by atoms with Crippen LogP contribution in [-0.2, 0) is 21.4 Å². The fourth-order valence-electron chi connectivity index (χ4n) is 3.68. The summed E-state index contributed by atoms with van der Waals surface area (Å²) in [6, 6.07) is 13.5.